The minimum Gasteiger partial charge on any atom is -0.497 e. The molecule has 0 saturated carbocycles. The molecule has 9 nitrogen and oxygen atoms in total. The summed E-state index contributed by atoms with van der Waals surface area (Å²) in [6.07, 6.45) is 3.61. The van der Waals surface area contributed by atoms with Crippen LogP contribution in [0.25, 0.3) is 21.1 Å². The number of carbonyl (C=O) groups excluding carboxylic acids is 1. The lowest BCUT2D eigenvalue weighted by Crippen LogP contribution is -2.39. The molecule has 6 rings (SSSR count). The fourth-order valence-corrected chi connectivity index (χ4v) is 5.36. The van der Waals surface area contributed by atoms with Gasteiger partial charge in [-0.15, -0.1) is 11.3 Å². The number of ether oxygens (including phenoxy) is 2. The molecule has 0 radical (unpaired) electrons. The van der Waals surface area contributed by atoms with Gasteiger partial charge in [-0.25, -0.2) is 9.97 Å². The Morgan fingerprint density at radius 1 is 1.25 bits per heavy atom. The monoisotopic (exact) mass is 500 g/mol. The van der Waals surface area contributed by atoms with Gasteiger partial charge in [0.05, 0.1) is 54.9 Å². The van der Waals surface area contributed by atoms with Gasteiger partial charge in [0.15, 0.2) is 0 Å². The summed E-state index contributed by atoms with van der Waals surface area (Å²) in [7, 11) is 1.58. The van der Waals surface area contributed by atoms with Crippen molar-refractivity contribution in [1.29, 1.82) is 0 Å². The molecule has 0 spiro atoms. The van der Waals surface area contributed by atoms with E-state index in [2.05, 4.69) is 31.5 Å². The zero-order valence-electron chi connectivity index (χ0n) is 19.6. The van der Waals surface area contributed by atoms with Gasteiger partial charge in [-0.1, -0.05) is 18.2 Å². The highest BCUT2D eigenvalue weighted by Gasteiger charge is 2.25. The topological polar surface area (TPSA) is 105 Å². The van der Waals surface area contributed by atoms with Crippen LogP contribution >= 0.6 is 11.3 Å². The molecule has 1 unspecified atom stereocenters. The summed E-state index contributed by atoms with van der Waals surface area (Å²) in [6, 6.07) is 15.2. The fraction of sp³-hybridized carbons (Fsp3) is 0.231. The molecular weight excluding hydrogens is 476 g/mol. The zero-order chi connectivity index (χ0) is 24.5. The van der Waals surface area contributed by atoms with Gasteiger partial charge in [-0.2, -0.15) is 5.10 Å². The number of rotatable bonds is 6. The van der Waals surface area contributed by atoms with Crippen LogP contribution in [0.1, 0.15) is 26.9 Å². The molecule has 36 heavy (non-hydrogen) atoms. The van der Waals surface area contributed by atoms with Crippen molar-refractivity contribution in [3.05, 3.63) is 76.9 Å². The third kappa shape index (κ3) is 4.36. The van der Waals surface area contributed by atoms with Gasteiger partial charge in [0.1, 0.15) is 11.9 Å². The van der Waals surface area contributed by atoms with E-state index < -0.39 is 0 Å². The molecule has 0 bridgehead atoms. The van der Waals surface area contributed by atoms with Gasteiger partial charge in [0.25, 0.3) is 5.91 Å². The van der Waals surface area contributed by atoms with E-state index in [0.717, 1.165) is 38.1 Å². The summed E-state index contributed by atoms with van der Waals surface area (Å²) >= 11 is 1.58. The number of aromatic amines is 1. The predicted octanol–water partition coefficient (Wildman–Crippen LogP) is 4.08. The van der Waals surface area contributed by atoms with Crippen LogP contribution in [-0.4, -0.2) is 52.9 Å². The van der Waals surface area contributed by atoms with Crippen molar-refractivity contribution in [3.63, 3.8) is 0 Å². The van der Waals surface area contributed by atoms with E-state index in [9.17, 15) is 4.79 Å². The van der Waals surface area contributed by atoms with Crippen molar-refractivity contribution in [2.75, 3.05) is 31.7 Å². The molecule has 3 aromatic heterocycles. The summed E-state index contributed by atoms with van der Waals surface area (Å²) in [4.78, 5) is 25.2. The Balaban J connectivity index is 1.16. The van der Waals surface area contributed by atoms with Gasteiger partial charge in [0.2, 0.25) is 5.95 Å². The lowest BCUT2D eigenvalue weighted by molar-refractivity contribution is 0.0402. The summed E-state index contributed by atoms with van der Waals surface area (Å²) in [5.41, 5.74) is 3.54. The molecule has 182 valence electrons. The lowest BCUT2D eigenvalue weighted by Gasteiger charge is -2.33. The smallest absolute Gasteiger partial charge is 0.251 e. The summed E-state index contributed by atoms with van der Waals surface area (Å²) in [6.45, 7) is 2.38. The highest BCUT2D eigenvalue weighted by atomic mass is 32.1. The maximum absolute atomic E-state index is 12.6. The molecule has 1 atom stereocenters. The van der Waals surface area contributed by atoms with E-state index in [0.29, 0.717) is 37.0 Å². The number of carbonyl (C=O) groups is 1. The van der Waals surface area contributed by atoms with Crippen LogP contribution in [0.3, 0.4) is 0 Å². The van der Waals surface area contributed by atoms with Gasteiger partial charge < -0.3 is 19.7 Å². The Labute approximate surface area is 211 Å². The van der Waals surface area contributed by atoms with Gasteiger partial charge in [-0.05, 0) is 35.9 Å². The molecule has 1 fully saturated rings. The number of hydrogen-bond donors (Lipinski definition) is 2. The molecular formula is C26H24N6O3S. The van der Waals surface area contributed by atoms with Gasteiger partial charge >= 0.3 is 0 Å². The Morgan fingerprint density at radius 2 is 2.17 bits per heavy atom. The molecule has 10 heteroatoms. The minimum atomic E-state index is -0.148. The third-order valence-corrected chi connectivity index (χ3v) is 7.34. The number of methoxy groups -OCH3 is 1. The van der Waals surface area contributed by atoms with E-state index in [1.54, 1.807) is 36.6 Å². The van der Waals surface area contributed by atoms with Crippen LogP contribution in [0.5, 0.6) is 5.75 Å². The van der Waals surface area contributed by atoms with Crippen LogP contribution in [0.4, 0.5) is 5.95 Å². The number of fused-ring (bicyclic) bond motifs is 2. The highest BCUT2D eigenvalue weighted by Crippen LogP contribution is 2.31. The number of thiophene rings is 1. The number of benzene rings is 2. The van der Waals surface area contributed by atoms with E-state index in [1.165, 1.54) is 0 Å². The van der Waals surface area contributed by atoms with Crippen molar-refractivity contribution in [2.45, 2.75) is 12.6 Å². The first-order chi connectivity index (χ1) is 17.7. The van der Waals surface area contributed by atoms with Crippen LogP contribution in [0.15, 0.2) is 60.9 Å². The molecule has 1 aliphatic heterocycles. The second-order valence-corrected chi connectivity index (χ2v) is 9.70. The molecule has 2 aromatic carbocycles. The lowest BCUT2D eigenvalue weighted by atomic mass is 10.0. The number of anilines is 1. The molecule has 4 heterocycles. The second-order valence-electron chi connectivity index (χ2n) is 8.53. The average Bonchev–Trinajstić information content (AvgIpc) is 3.58. The largest absolute Gasteiger partial charge is 0.497 e. The molecule has 1 aliphatic rings. The SMILES string of the molecule is COc1cccc(C(=O)NCc2cc3nc(N4CCOC(c5cccc6[nH]ncc56)C4)ncc3s2)c1. The number of amides is 1. The Kier molecular flexibility index (Phi) is 5.96. The highest BCUT2D eigenvalue weighted by molar-refractivity contribution is 7.18. The van der Waals surface area contributed by atoms with Crippen LogP contribution < -0.4 is 15.0 Å². The maximum atomic E-state index is 12.6. The van der Waals surface area contributed by atoms with E-state index >= 15 is 0 Å². The predicted molar refractivity (Wildman–Crippen MR) is 139 cm³/mol. The Morgan fingerprint density at radius 3 is 3.08 bits per heavy atom. The summed E-state index contributed by atoms with van der Waals surface area (Å²) in [5.74, 6) is 1.18. The summed E-state index contributed by atoms with van der Waals surface area (Å²) in [5, 5.41) is 11.2. The standard InChI is InChI=1S/C26H24N6O3S/c1-34-17-5-2-4-16(10-17)25(33)27-12-18-11-22-24(36-18)14-28-26(30-22)32-8-9-35-23(15-32)19-6-3-7-21-20(19)13-29-31-21/h2-7,10-11,13-14,23H,8-9,12,15H2,1H3,(H,27,33)(H,29,31). The molecule has 5 aromatic rings. The van der Waals surface area contributed by atoms with Crippen LogP contribution in [0.2, 0.25) is 0 Å². The normalized spacial score (nSPS) is 15.9. The number of H-pyrrole nitrogens is 1. The minimum absolute atomic E-state index is 0.0933. The molecule has 2 N–H and O–H groups in total. The van der Waals surface area contributed by atoms with Gasteiger partial charge in [0, 0.05) is 22.4 Å². The van der Waals surface area contributed by atoms with Crippen molar-refractivity contribution in [1.82, 2.24) is 25.5 Å². The molecule has 1 amide bonds. The number of nitrogens with zero attached hydrogens (tertiary/aromatic N) is 4. The second kappa shape index (κ2) is 9.56. The van der Waals surface area contributed by atoms with E-state index in [1.807, 2.05) is 36.7 Å². The zero-order valence-corrected chi connectivity index (χ0v) is 20.4. The number of hydrogen-bond acceptors (Lipinski definition) is 8. The maximum Gasteiger partial charge on any atom is 0.251 e. The van der Waals surface area contributed by atoms with Crippen molar-refractivity contribution in [2.24, 2.45) is 0 Å². The van der Waals surface area contributed by atoms with Crippen LogP contribution in [0, 0.1) is 0 Å². The number of morpholine rings is 1. The Bertz CT molecular complexity index is 1550. The van der Waals surface area contributed by atoms with Crippen molar-refractivity contribution in [3.8, 4) is 5.75 Å². The van der Waals surface area contributed by atoms with E-state index in [4.69, 9.17) is 14.5 Å². The number of aromatic nitrogens is 4. The quantitative estimate of drug-likeness (QED) is 0.362. The Hall–Kier alpha value is -4.02. The van der Waals surface area contributed by atoms with Crippen molar-refractivity contribution >= 4 is 44.3 Å². The first kappa shape index (κ1) is 22.4. The van der Waals surface area contributed by atoms with E-state index in [-0.39, 0.29) is 12.0 Å². The first-order valence-electron chi connectivity index (χ1n) is 11.6. The summed E-state index contributed by atoms with van der Waals surface area (Å²) < 4.78 is 12.3. The van der Waals surface area contributed by atoms with Crippen LogP contribution in [-0.2, 0) is 11.3 Å². The molecule has 0 aliphatic carbocycles. The average molecular weight is 501 g/mol. The molecule has 1 saturated heterocycles. The van der Waals surface area contributed by atoms with Crippen molar-refractivity contribution < 1.29 is 14.3 Å². The first-order valence-corrected chi connectivity index (χ1v) is 12.5. The fourth-order valence-electron chi connectivity index (χ4n) is 4.44. The number of nitrogens with one attached hydrogen (secondary N) is 2. The third-order valence-electron chi connectivity index (χ3n) is 6.28. The van der Waals surface area contributed by atoms with Gasteiger partial charge in [-0.3, -0.25) is 9.89 Å².